The topological polar surface area (TPSA) is 24.1 Å². The summed E-state index contributed by atoms with van der Waals surface area (Å²) in [6.07, 6.45) is 18.2. The van der Waals surface area contributed by atoms with Gasteiger partial charge in [-0.05, 0) is 74.5 Å². The van der Waals surface area contributed by atoms with Crippen LogP contribution in [0.25, 0.3) is 0 Å². The van der Waals surface area contributed by atoms with E-state index in [0.29, 0.717) is 6.17 Å². The van der Waals surface area contributed by atoms with Crippen LogP contribution in [0.2, 0.25) is 0 Å². The highest BCUT2D eigenvalue weighted by Crippen LogP contribution is 2.41. The number of hydrogen-bond donors (Lipinski definition) is 2. The normalized spacial score (nSPS) is 41.2. The fourth-order valence-electron chi connectivity index (χ4n) is 5.66. The first-order valence-electron chi connectivity index (χ1n) is 11.2. The molecule has 2 N–H and O–H groups in total. The van der Waals surface area contributed by atoms with E-state index in [1.807, 2.05) is 0 Å². The summed E-state index contributed by atoms with van der Waals surface area (Å²) in [6.45, 7) is 7.25. The van der Waals surface area contributed by atoms with Crippen LogP contribution in [0.4, 0.5) is 0 Å². The maximum atomic E-state index is 3.85. The van der Waals surface area contributed by atoms with Gasteiger partial charge in [-0.1, -0.05) is 46.0 Å². The molecule has 0 amide bonds. The van der Waals surface area contributed by atoms with E-state index >= 15 is 0 Å². The molecule has 2 nitrogen and oxygen atoms in total. The first-order chi connectivity index (χ1) is 11.8. The molecular weight excluding hydrogens is 292 g/mol. The average molecular weight is 335 g/mol. The van der Waals surface area contributed by atoms with Crippen molar-refractivity contribution in [2.75, 3.05) is 13.1 Å². The largest absolute Gasteiger partial charge is 0.301 e. The van der Waals surface area contributed by atoms with Gasteiger partial charge in [0, 0.05) is 13.1 Å². The molecule has 0 aromatic rings. The Kier molecular flexibility index (Phi) is 7.46. The molecular formula is C22H42N2. The Balaban J connectivity index is 1.34. The lowest BCUT2D eigenvalue weighted by Crippen LogP contribution is -2.56. The molecule has 0 aromatic heterocycles. The van der Waals surface area contributed by atoms with E-state index in [4.69, 9.17) is 0 Å². The maximum Gasteiger partial charge on any atom is 0.0600 e. The Morgan fingerprint density at radius 2 is 1.25 bits per heavy atom. The van der Waals surface area contributed by atoms with Gasteiger partial charge in [0.2, 0.25) is 0 Å². The van der Waals surface area contributed by atoms with E-state index in [1.54, 1.807) is 0 Å². The van der Waals surface area contributed by atoms with Crippen molar-refractivity contribution < 1.29 is 0 Å². The van der Waals surface area contributed by atoms with Crippen molar-refractivity contribution >= 4 is 0 Å². The first-order valence-corrected chi connectivity index (χ1v) is 11.2. The van der Waals surface area contributed by atoms with E-state index in [1.165, 1.54) is 90.1 Å². The van der Waals surface area contributed by atoms with Gasteiger partial charge in [0.05, 0.1) is 6.17 Å². The summed E-state index contributed by atoms with van der Waals surface area (Å²) in [5, 5.41) is 7.71. The van der Waals surface area contributed by atoms with Crippen molar-refractivity contribution in [3.8, 4) is 0 Å². The minimum absolute atomic E-state index is 0.611. The Morgan fingerprint density at radius 1 is 0.708 bits per heavy atom. The molecule has 2 heteroatoms. The third-order valence-corrected chi connectivity index (χ3v) is 7.48. The molecule has 0 spiro atoms. The molecule has 0 atom stereocenters. The molecule has 24 heavy (non-hydrogen) atoms. The zero-order valence-corrected chi connectivity index (χ0v) is 16.4. The van der Waals surface area contributed by atoms with Crippen molar-refractivity contribution in [3.05, 3.63) is 0 Å². The molecule has 3 aliphatic rings. The third-order valence-electron chi connectivity index (χ3n) is 7.48. The van der Waals surface area contributed by atoms with Gasteiger partial charge in [0.15, 0.2) is 0 Å². The van der Waals surface area contributed by atoms with E-state index < -0.39 is 0 Å². The van der Waals surface area contributed by atoms with Crippen LogP contribution in [-0.2, 0) is 0 Å². The summed E-state index contributed by atoms with van der Waals surface area (Å²) in [6, 6.07) is 0. The minimum Gasteiger partial charge on any atom is -0.301 e. The van der Waals surface area contributed by atoms with Crippen LogP contribution in [0, 0.1) is 29.6 Å². The zero-order valence-electron chi connectivity index (χ0n) is 16.4. The minimum atomic E-state index is 0.611. The van der Waals surface area contributed by atoms with Gasteiger partial charge in [-0.15, -0.1) is 0 Å². The molecule has 1 aliphatic heterocycles. The molecule has 0 radical (unpaired) electrons. The van der Waals surface area contributed by atoms with Crippen LogP contribution in [0.3, 0.4) is 0 Å². The van der Waals surface area contributed by atoms with Crippen LogP contribution in [0.15, 0.2) is 0 Å². The lowest BCUT2D eigenvalue weighted by atomic mass is 9.69. The average Bonchev–Trinajstić information content (AvgIpc) is 2.63. The van der Waals surface area contributed by atoms with E-state index in [9.17, 15) is 0 Å². The lowest BCUT2D eigenvalue weighted by Gasteiger charge is -2.42. The van der Waals surface area contributed by atoms with Crippen LogP contribution in [0.1, 0.15) is 90.9 Å². The number of rotatable bonds is 6. The van der Waals surface area contributed by atoms with Crippen molar-refractivity contribution in [1.82, 2.24) is 10.6 Å². The molecule has 3 rings (SSSR count). The number of hydrogen-bond acceptors (Lipinski definition) is 2. The van der Waals surface area contributed by atoms with Gasteiger partial charge >= 0.3 is 0 Å². The Bertz CT molecular complexity index is 332. The highest BCUT2D eigenvalue weighted by atomic mass is 15.2. The first kappa shape index (κ1) is 18.7. The second-order valence-electron chi connectivity index (χ2n) is 9.35. The predicted octanol–water partition coefficient (Wildman–Crippen LogP) is 5.33. The molecule has 0 aromatic carbocycles. The van der Waals surface area contributed by atoms with Gasteiger partial charge < -0.3 is 10.6 Å². The molecule has 140 valence electrons. The van der Waals surface area contributed by atoms with Crippen molar-refractivity contribution in [2.45, 2.75) is 97.1 Å². The standard InChI is InChI=1S/C22H42N2/c1-3-4-5-6-18-15-23-22(24-16-18)21-13-11-20(12-14-21)19-9-7-17(2)8-10-19/h17-24H,3-16H2,1-2H3. The summed E-state index contributed by atoms with van der Waals surface area (Å²) < 4.78 is 0. The quantitative estimate of drug-likeness (QED) is 0.641. The summed E-state index contributed by atoms with van der Waals surface area (Å²) in [5.41, 5.74) is 0. The number of nitrogens with one attached hydrogen (secondary N) is 2. The highest BCUT2D eigenvalue weighted by molar-refractivity contribution is 4.87. The zero-order chi connectivity index (χ0) is 16.8. The third kappa shape index (κ3) is 5.21. The van der Waals surface area contributed by atoms with Crippen molar-refractivity contribution in [1.29, 1.82) is 0 Å². The van der Waals surface area contributed by atoms with Gasteiger partial charge in [-0.3, -0.25) is 0 Å². The van der Waals surface area contributed by atoms with Crippen LogP contribution in [-0.4, -0.2) is 19.3 Å². The summed E-state index contributed by atoms with van der Waals surface area (Å²) >= 11 is 0. The summed E-state index contributed by atoms with van der Waals surface area (Å²) in [5.74, 6) is 4.88. The Hall–Kier alpha value is -0.0800. The molecule has 3 fully saturated rings. The van der Waals surface area contributed by atoms with Crippen molar-refractivity contribution in [2.24, 2.45) is 29.6 Å². The van der Waals surface area contributed by atoms with E-state index in [0.717, 1.165) is 29.6 Å². The fraction of sp³-hybridized carbons (Fsp3) is 1.00. The summed E-state index contributed by atoms with van der Waals surface area (Å²) in [4.78, 5) is 0. The second kappa shape index (κ2) is 9.57. The Labute approximate surface area is 150 Å². The van der Waals surface area contributed by atoms with Crippen LogP contribution in [0.5, 0.6) is 0 Å². The molecule has 1 saturated heterocycles. The van der Waals surface area contributed by atoms with Crippen LogP contribution >= 0.6 is 0 Å². The Morgan fingerprint density at radius 3 is 1.83 bits per heavy atom. The van der Waals surface area contributed by atoms with Crippen LogP contribution < -0.4 is 10.6 Å². The monoisotopic (exact) mass is 334 g/mol. The molecule has 0 bridgehead atoms. The lowest BCUT2D eigenvalue weighted by molar-refractivity contribution is 0.116. The molecule has 2 aliphatic carbocycles. The fourth-order valence-corrected chi connectivity index (χ4v) is 5.66. The second-order valence-corrected chi connectivity index (χ2v) is 9.35. The van der Waals surface area contributed by atoms with Crippen molar-refractivity contribution in [3.63, 3.8) is 0 Å². The maximum absolute atomic E-state index is 3.85. The number of unbranched alkanes of at least 4 members (excludes halogenated alkanes) is 2. The van der Waals surface area contributed by atoms with Gasteiger partial charge in [0.25, 0.3) is 0 Å². The SMILES string of the molecule is CCCCCC1CNC(C2CCC(C3CCC(C)CC3)CC2)NC1. The molecule has 0 unspecified atom stereocenters. The van der Waals surface area contributed by atoms with E-state index in [-0.39, 0.29) is 0 Å². The van der Waals surface area contributed by atoms with E-state index in [2.05, 4.69) is 24.5 Å². The summed E-state index contributed by atoms with van der Waals surface area (Å²) in [7, 11) is 0. The van der Waals surface area contributed by atoms with Gasteiger partial charge in [-0.25, -0.2) is 0 Å². The molecule has 2 saturated carbocycles. The van der Waals surface area contributed by atoms with Gasteiger partial charge in [0.1, 0.15) is 0 Å². The molecule has 1 heterocycles. The van der Waals surface area contributed by atoms with Gasteiger partial charge in [-0.2, -0.15) is 0 Å². The highest BCUT2D eigenvalue weighted by Gasteiger charge is 2.33. The predicted molar refractivity (Wildman–Crippen MR) is 104 cm³/mol. The smallest absolute Gasteiger partial charge is 0.0600 e.